The van der Waals surface area contributed by atoms with Crippen molar-refractivity contribution in [3.63, 3.8) is 0 Å². The lowest BCUT2D eigenvalue weighted by molar-refractivity contribution is 0.102. The number of benzene rings is 2. The first kappa shape index (κ1) is 28.9. The predicted octanol–water partition coefficient (Wildman–Crippen LogP) is 5.35. The largest absolute Gasteiger partial charge is 0.340 e. The van der Waals surface area contributed by atoms with Crippen molar-refractivity contribution in [3.05, 3.63) is 84.2 Å². The Kier molecular flexibility index (Phi) is 8.72. The van der Waals surface area contributed by atoms with Crippen LogP contribution in [0.3, 0.4) is 0 Å². The summed E-state index contributed by atoms with van der Waals surface area (Å²) in [6.45, 7) is 8.93. The summed E-state index contributed by atoms with van der Waals surface area (Å²) in [5.74, 6) is 0.355. The van der Waals surface area contributed by atoms with E-state index in [0.29, 0.717) is 17.4 Å². The lowest BCUT2D eigenvalue weighted by Crippen LogP contribution is -2.46. The molecule has 2 fully saturated rings. The Balaban J connectivity index is 1.13. The maximum absolute atomic E-state index is 13.2. The summed E-state index contributed by atoms with van der Waals surface area (Å²) in [5.41, 5.74) is 4.76. The van der Waals surface area contributed by atoms with Crippen LogP contribution in [0.4, 0.5) is 22.0 Å². The van der Waals surface area contributed by atoms with Crippen molar-refractivity contribution in [3.8, 4) is 0 Å². The number of hydrogen-bond donors (Lipinski definition) is 2. The van der Waals surface area contributed by atoms with Gasteiger partial charge in [-0.1, -0.05) is 19.1 Å². The van der Waals surface area contributed by atoms with Crippen molar-refractivity contribution in [2.45, 2.75) is 38.6 Å². The molecule has 0 bridgehead atoms. The number of nitrogens with one attached hydrogen (secondary N) is 2. The monoisotopic (exact) mass is 579 g/mol. The van der Waals surface area contributed by atoms with E-state index < -0.39 is 0 Å². The second kappa shape index (κ2) is 13.0. The lowest BCUT2D eigenvalue weighted by Gasteiger charge is -2.39. The summed E-state index contributed by atoms with van der Waals surface area (Å²) in [6.07, 6.45) is 7.92. The van der Waals surface area contributed by atoms with Crippen LogP contribution in [0.1, 0.15) is 42.1 Å². The quantitative estimate of drug-likeness (QED) is 0.278. The minimum Gasteiger partial charge on any atom is -0.340 e. The molecule has 0 radical (unpaired) electrons. The highest BCUT2D eigenvalue weighted by Gasteiger charge is 2.27. The van der Waals surface area contributed by atoms with Crippen LogP contribution in [0.2, 0.25) is 0 Å². The van der Waals surface area contributed by atoms with E-state index in [0.717, 1.165) is 80.8 Å². The molecule has 2 aliphatic rings. The van der Waals surface area contributed by atoms with Gasteiger partial charge in [0, 0.05) is 86.6 Å². The van der Waals surface area contributed by atoms with Gasteiger partial charge in [-0.15, -0.1) is 0 Å². The Labute approximate surface area is 253 Å². The molecule has 2 amide bonds. The first-order chi connectivity index (χ1) is 21.0. The molecule has 224 valence electrons. The van der Waals surface area contributed by atoms with Crippen molar-refractivity contribution in [1.82, 2.24) is 24.7 Å². The van der Waals surface area contributed by atoms with Gasteiger partial charge in [0.15, 0.2) is 0 Å². The van der Waals surface area contributed by atoms with E-state index in [9.17, 15) is 9.59 Å². The van der Waals surface area contributed by atoms with Crippen LogP contribution in [0.25, 0.3) is 10.9 Å². The van der Waals surface area contributed by atoms with Crippen molar-refractivity contribution >= 4 is 40.0 Å². The second-order valence-electron chi connectivity index (χ2n) is 11.5. The van der Waals surface area contributed by atoms with Crippen molar-refractivity contribution in [2.24, 2.45) is 0 Å². The molecule has 4 aromatic rings. The number of anilines is 3. The van der Waals surface area contributed by atoms with Crippen LogP contribution in [-0.2, 0) is 6.42 Å². The highest BCUT2D eigenvalue weighted by atomic mass is 16.2. The zero-order chi connectivity index (χ0) is 29.8. The Morgan fingerprint density at radius 2 is 1.67 bits per heavy atom. The van der Waals surface area contributed by atoms with Gasteiger partial charge in [-0.2, -0.15) is 0 Å². The van der Waals surface area contributed by atoms with Crippen LogP contribution in [-0.4, -0.2) is 83.6 Å². The van der Waals surface area contributed by atoms with E-state index >= 15 is 0 Å². The highest BCUT2D eigenvalue weighted by Crippen LogP contribution is 2.38. The first-order valence-corrected chi connectivity index (χ1v) is 15.5. The maximum Gasteiger partial charge on any atom is 0.325 e. The SMILES string of the molecule is CCN1CCN(CCc2ccc(C(=O)Nc3cc(N(c4ccc5c(ccn5C(=O)NC)c4)C4CCC4)ccn3)cc2)CC1. The average molecular weight is 580 g/mol. The molecule has 0 spiro atoms. The summed E-state index contributed by atoms with van der Waals surface area (Å²) in [4.78, 5) is 37.2. The number of carbonyl (C=O) groups is 2. The van der Waals surface area contributed by atoms with Gasteiger partial charge in [0.25, 0.3) is 5.91 Å². The van der Waals surface area contributed by atoms with E-state index in [1.54, 1.807) is 24.0 Å². The maximum atomic E-state index is 13.2. The smallest absolute Gasteiger partial charge is 0.325 e. The zero-order valence-electron chi connectivity index (χ0n) is 25.1. The number of hydrogen-bond acceptors (Lipinski definition) is 6. The second-order valence-corrected chi connectivity index (χ2v) is 11.5. The Bertz CT molecular complexity index is 1570. The number of fused-ring (bicyclic) bond motifs is 1. The van der Waals surface area contributed by atoms with E-state index in [-0.39, 0.29) is 11.9 Å². The molecule has 2 aromatic carbocycles. The van der Waals surface area contributed by atoms with Gasteiger partial charge in [0.1, 0.15) is 5.82 Å². The molecule has 2 aromatic heterocycles. The number of aromatic nitrogens is 2. The molecule has 1 aliphatic heterocycles. The topological polar surface area (TPSA) is 85.7 Å². The van der Waals surface area contributed by atoms with Crippen molar-refractivity contribution in [2.75, 3.05) is 56.5 Å². The number of nitrogens with zero attached hydrogens (tertiary/aromatic N) is 5. The number of likely N-dealkylation sites (N-methyl/N-ethyl adjacent to an activating group) is 1. The molecule has 1 saturated heterocycles. The van der Waals surface area contributed by atoms with Crippen LogP contribution >= 0.6 is 0 Å². The standard InChI is InChI=1S/C34H41N7O2/c1-3-38-19-21-39(22-20-38)17-14-25-7-9-26(10-8-25)33(42)37-32-24-30(13-16-36-32)41(28-5-4-6-28)29-11-12-31-27(23-29)15-18-40(31)34(43)35-2/h7-13,15-16,18,23-24,28H,3-6,14,17,19-22H2,1-2H3,(H,35,43)(H,36,37,42). The fourth-order valence-electron chi connectivity index (χ4n) is 6.06. The third-order valence-corrected chi connectivity index (χ3v) is 8.93. The Morgan fingerprint density at radius 3 is 2.37 bits per heavy atom. The normalized spacial score (nSPS) is 16.1. The fraction of sp³-hybridized carbons (Fsp3) is 0.382. The zero-order valence-corrected chi connectivity index (χ0v) is 25.1. The number of piperazine rings is 1. The molecule has 9 nitrogen and oxygen atoms in total. The van der Waals surface area contributed by atoms with Crippen LogP contribution in [0.5, 0.6) is 0 Å². The molecule has 2 N–H and O–H groups in total. The molecular weight excluding hydrogens is 538 g/mol. The molecule has 9 heteroatoms. The van der Waals surface area contributed by atoms with Gasteiger partial charge in [-0.05, 0) is 80.3 Å². The van der Waals surface area contributed by atoms with Gasteiger partial charge in [-0.25, -0.2) is 9.78 Å². The van der Waals surface area contributed by atoms with E-state index in [2.05, 4.69) is 61.5 Å². The molecule has 6 rings (SSSR count). The third-order valence-electron chi connectivity index (χ3n) is 8.93. The highest BCUT2D eigenvalue weighted by molar-refractivity contribution is 6.04. The van der Waals surface area contributed by atoms with Crippen LogP contribution < -0.4 is 15.5 Å². The summed E-state index contributed by atoms with van der Waals surface area (Å²) in [6, 6.07) is 20.2. The minimum absolute atomic E-state index is 0.163. The summed E-state index contributed by atoms with van der Waals surface area (Å²) >= 11 is 0. The van der Waals surface area contributed by atoms with E-state index in [4.69, 9.17) is 0 Å². The molecule has 1 saturated carbocycles. The lowest BCUT2D eigenvalue weighted by atomic mass is 9.90. The van der Waals surface area contributed by atoms with Gasteiger partial charge in [-0.3, -0.25) is 9.36 Å². The van der Waals surface area contributed by atoms with Crippen LogP contribution in [0.15, 0.2) is 73.1 Å². The van der Waals surface area contributed by atoms with Gasteiger partial charge >= 0.3 is 6.03 Å². The number of amides is 2. The number of carbonyl (C=O) groups excluding carboxylic acids is 2. The summed E-state index contributed by atoms with van der Waals surface area (Å²) < 4.78 is 1.62. The molecule has 0 atom stereocenters. The minimum atomic E-state index is -0.168. The van der Waals surface area contributed by atoms with Crippen molar-refractivity contribution < 1.29 is 9.59 Å². The third kappa shape index (κ3) is 6.43. The Morgan fingerprint density at radius 1 is 0.930 bits per heavy atom. The fourth-order valence-corrected chi connectivity index (χ4v) is 6.06. The predicted molar refractivity (Wildman–Crippen MR) is 172 cm³/mol. The van der Waals surface area contributed by atoms with E-state index in [1.165, 1.54) is 12.0 Å². The van der Waals surface area contributed by atoms with Crippen molar-refractivity contribution in [1.29, 1.82) is 0 Å². The van der Waals surface area contributed by atoms with Crippen LogP contribution in [0, 0.1) is 0 Å². The van der Waals surface area contributed by atoms with Gasteiger partial charge in [0.05, 0.1) is 5.52 Å². The average Bonchev–Trinajstić information content (AvgIpc) is 3.45. The first-order valence-electron chi connectivity index (χ1n) is 15.5. The van der Waals surface area contributed by atoms with E-state index in [1.807, 2.05) is 36.4 Å². The number of rotatable bonds is 9. The molecule has 0 unspecified atom stereocenters. The summed E-state index contributed by atoms with van der Waals surface area (Å²) in [7, 11) is 1.63. The molecule has 1 aliphatic carbocycles. The molecule has 43 heavy (non-hydrogen) atoms. The van der Waals surface area contributed by atoms with Gasteiger partial charge < -0.3 is 25.3 Å². The van der Waals surface area contributed by atoms with Gasteiger partial charge in [0.2, 0.25) is 0 Å². The Hall–Kier alpha value is -4.21. The number of pyridine rings is 1. The molecular formula is C34H41N7O2. The summed E-state index contributed by atoms with van der Waals surface area (Å²) in [5, 5.41) is 6.69. The molecule has 3 heterocycles.